The number of fused-ring (bicyclic) bond motifs is 2. The fourth-order valence-corrected chi connectivity index (χ4v) is 10.0. The predicted molar refractivity (Wildman–Crippen MR) is 194 cm³/mol. The van der Waals surface area contributed by atoms with Crippen molar-refractivity contribution in [3.8, 4) is 0 Å². The largest absolute Gasteiger partial charge is 0.396 e. The van der Waals surface area contributed by atoms with Crippen molar-refractivity contribution in [3.05, 3.63) is 83.5 Å². The molecule has 0 aromatic heterocycles. The maximum absolute atomic E-state index is 13.5. The molecule has 2 unspecified atom stereocenters. The SMILES string of the molecule is C=C1/C(=C\C=C2/CCC[C@]3(C)[C@@H]([C@H](C)CC4CC(C)(O)C(=O)N4CCc4ccc5ccccc5c4)CC[C@@H]23)C[C@@H](O)[C@H](OCCCO)[C@@H]1O. The summed E-state index contributed by atoms with van der Waals surface area (Å²) in [5.41, 5.74) is 2.97. The number of aliphatic hydroxyl groups excluding tert-OH is 3. The highest BCUT2D eigenvalue weighted by atomic mass is 16.5. The van der Waals surface area contributed by atoms with Crippen LogP contribution in [0.15, 0.2) is 77.9 Å². The van der Waals surface area contributed by atoms with Crippen molar-refractivity contribution in [2.24, 2.45) is 23.2 Å². The lowest BCUT2D eigenvalue weighted by Crippen LogP contribution is -2.45. The monoisotopic (exact) mass is 671 g/mol. The highest BCUT2D eigenvalue weighted by Gasteiger charge is 2.53. The number of carbonyl (C=O) groups excluding carboxylic acids is 1. The maximum Gasteiger partial charge on any atom is 0.254 e. The zero-order valence-corrected chi connectivity index (χ0v) is 29.7. The average molecular weight is 672 g/mol. The average Bonchev–Trinajstić information content (AvgIpc) is 3.54. The smallest absolute Gasteiger partial charge is 0.254 e. The summed E-state index contributed by atoms with van der Waals surface area (Å²) >= 11 is 0. The van der Waals surface area contributed by atoms with Gasteiger partial charge in [-0.15, -0.1) is 0 Å². The lowest BCUT2D eigenvalue weighted by atomic mass is 9.60. The topological polar surface area (TPSA) is 110 Å². The fourth-order valence-electron chi connectivity index (χ4n) is 10.0. The molecule has 2 aromatic carbocycles. The normalized spacial score (nSPS) is 35.9. The number of nitrogens with zero attached hydrogens (tertiary/aromatic N) is 1. The minimum Gasteiger partial charge on any atom is -0.396 e. The first kappa shape index (κ1) is 36.0. The highest BCUT2D eigenvalue weighted by Crippen LogP contribution is 2.60. The molecule has 6 rings (SSSR count). The van der Waals surface area contributed by atoms with Crippen LogP contribution in [-0.2, 0) is 16.0 Å². The Bertz CT molecular complexity index is 1580. The number of amides is 1. The van der Waals surface area contributed by atoms with Crippen molar-refractivity contribution in [1.82, 2.24) is 4.90 Å². The Morgan fingerprint density at radius 3 is 2.65 bits per heavy atom. The number of hydrogen-bond acceptors (Lipinski definition) is 6. The second-order valence-electron chi connectivity index (χ2n) is 16.0. The second-order valence-corrected chi connectivity index (χ2v) is 16.0. The number of hydrogen-bond donors (Lipinski definition) is 4. The molecule has 0 spiro atoms. The summed E-state index contributed by atoms with van der Waals surface area (Å²) < 4.78 is 5.69. The zero-order chi connectivity index (χ0) is 34.9. The number of likely N-dealkylation sites (tertiary alicyclic amines) is 1. The van der Waals surface area contributed by atoms with Crippen molar-refractivity contribution in [3.63, 3.8) is 0 Å². The van der Waals surface area contributed by atoms with Gasteiger partial charge in [0.1, 0.15) is 17.8 Å². The molecule has 0 bridgehead atoms. The molecule has 1 saturated heterocycles. The molecular weight excluding hydrogens is 614 g/mol. The molecule has 7 nitrogen and oxygen atoms in total. The third-order valence-electron chi connectivity index (χ3n) is 12.6. The second kappa shape index (κ2) is 14.8. The van der Waals surface area contributed by atoms with Gasteiger partial charge in [0.2, 0.25) is 0 Å². The molecule has 266 valence electrons. The van der Waals surface area contributed by atoms with E-state index in [9.17, 15) is 20.1 Å². The Kier molecular flexibility index (Phi) is 10.9. The summed E-state index contributed by atoms with van der Waals surface area (Å²) in [4.78, 5) is 15.4. The van der Waals surface area contributed by atoms with Gasteiger partial charge in [-0.25, -0.2) is 0 Å². The van der Waals surface area contributed by atoms with Crippen LogP contribution in [0.5, 0.6) is 0 Å². The van der Waals surface area contributed by atoms with Gasteiger partial charge < -0.3 is 30.1 Å². The maximum atomic E-state index is 13.5. The van der Waals surface area contributed by atoms with Crippen LogP contribution in [0.3, 0.4) is 0 Å². The van der Waals surface area contributed by atoms with Crippen LogP contribution < -0.4 is 0 Å². The molecule has 4 N–H and O–H groups in total. The fraction of sp³-hybridized carbons (Fsp3) is 0.595. The molecule has 1 amide bonds. The third kappa shape index (κ3) is 7.34. The van der Waals surface area contributed by atoms with Gasteiger partial charge in [-0.05, 0) is 109 Å². The van der Waals surface area contributed by atoms with Gasteiger partial charge in [0.05, 0.1) is 6.10 Å². The molecule has 49 heavy (non-hydrogen) atoms. The molecule has 1 aliphatic heterocycles. The molecule has 4 aliphatic rings. The third-order valence-corrected chi connectivity index (χ3v) is 12.6. The molecule has 3 aliphatic carbocycles. The van der Waals surface area contributed by atoms with E-state index in [1.54, 1.807) is 6.92 Å². The summed E-state index contributed by atoms with van der Waals surface area (Å²) in [5, 5.41) is 44.2. The van der Waals surface area contributed by atoms with Gasteiger partial charge in [0.15, 0.2) is 0 Å². The Morgan fingerprint density at radius 1 is 1.10 bits per heavy atom. The van der Waals surface area contributed by atoms with Crippen molar-refractivity contribution in [2.45, 2.75) is 115 Å². The van der Waals surface area contributed by atoms with Gasteiger partial charge in [-0.3, -0.25) is 4.79 Å². The Labute approximate surface area is 292 Å². The van der Waals surface area contributed by atoms with E-state index in [1.807, 2.05) is 4.90 Å². The van der Waals surface area contributed by atoms with Crippen LogP contribution >= 0.6 is 0 Å². The van der Waals surface area contributed by atoms with Gasteiger partial charge >= 0.3 is 0 Å². The van der Waals surface area contributed by atoms with Gasteiger partial charge in [0, 0.05) is 38.6 Å². The quantitative estimate of drug-likeness (QED) is 0.210. The highest BCUT2D eigenvalue weighted by molar-refractivity contribution is 5.87. The van der Waals surface area contributed by atoms with E-state index in [2.05, 4.69) is 75.0 Å². The summed E-state index contributed by atoms with van der Waals surface area (Å²) in [6, 6.07) is 14.9. The Morgan fingerprint density at radius 2 is 1.88 bits per heavy atom. The minimum atomic E-state index is -1.32. The van der Waals surface area contributed by atoms with Gasteiger partial charge in [0.25, 0.3) is 5.91 Å². The molecular formula is C42H57NO6. The summed E-state index contributed by atoms with van der Waals surface area (Å²) in [6.07, 6.45) is 10.4. The van der Waals surface area contributed by atoms with E-state index in [0.717, 1.165) is 44.1 Å². The lowest BCUT2D eigenvalue weighted by Gasteiger charge is -2.45. The first-order valence-corrected chi connectivity index (χ1v) is 18.6. The molecule has 3 saturated carbocycles. The number of aliphatic hydroxyl groups is 4. The first-order chi connectivity index (χ1) is 23.4. The van der Waals surface area contributed by atoms with Crippen LogP contribution in [0.25, 0.3) is 10.8 Å². The van der Waals surface area contributed by atoms with Crippen LogP contribution in [0.2, 0.25) is 0 Å². The van der Waals surface area contributed by atoms with Crippen molar-refractivity contribution >= 4 is 16.7 Å². The molecule has 9 atom stereocenters. The van der Waals surface area contributed by atoms with Gasteiger partial charge in [-0.2, -0.15) is 0 Å². The number of ether oxygens (including phenoxy) is 1. The van der Waals surface area contributed by atoms with E-state index in [4.69, 9.17) is 9.84 Å². The van der Waals surface area contributed by atoms with E-state index >= 15 is 0 Å². The predicted octanol–water partition coefficient (Wildman–Crippen LogP) is 6.28. The molecule has 1 heterocycles. The van der Waals surface area contributed by atoms with Crippen LogP contribution in [-0.4, -0.2) is 80.9 Å². The summed E-state index contributed by atoms with van der Waals surface area (Å²) in [5.74, 6) is 1.28. The zero-order valence-electron chi connectivity index (χ0n) is 29.7. The lowest BCUT2D eigenvalue weighted by molar-refractivity contribution is -0.142. The molecule has 0 radical (unpaired) electrons. The standard InChI is InChI=1S/C42H57NO6/c1-27(23-34-26-42(4,48)40(47)43(34)20-18-29-12-13-30-9-5-6-10-33(30)24-29)35-16-17-36-31(11-7-19-41(35,36)3)14-15-32-25-37(45)39(38(46)28(32)2)49-22-8-21-44/h5-6,9-10,12-15,24,27,34-39,44-46,48H,2,7-8,11,16-23,25-26H2,1,3-4H3/b31-14+,32-15-/t27-,34?,35-,36+,37-,38-,39+,41-,42?/m1/s1. The summed E-state index contributed by atoms with van der Waals surface area (Å²) in [7, 11) is 0. The molecule has 4 fully saturated rings. The molecule has 7 heteroatoms. The minimum absolute atomic E-state index is 0.00580. The van der Waals surface area contributed by atoms with E-state index < -0.39 is 23.9 Å². The van der Waals surface area contributed by atoms with Crippen LogP contribution in [0.1, 0.15) is 84.1 Å². The van der Waals surface area contributed by atoms with E-state index in [1.165, 1.54) is 28.3 Å². The number of allylic oxidation sites excluding steroid dienone is 3. The van der Waals surface area contributed by atoms with Crippen molar-refractivity contribution in [2.75, 3.05) is 19.8 Å². The van der Waals surface area contributed by atoms with Gasteiger partial charge in [-0.1, -0.05) is 80.6 Å². The number of rotatable bonds is 11. The first-order valence-electron chi connectivity index (χ1n) is 18.6. The van der Waals surface area contributed by atoms with Crippen molar-refractivity contribution in [1.29, 1.82) is 0 Å². The van der Waals surface area contributed by atoms with Crippen LogP contribution in [0, 0.1) is 23.2 Å². The van der Waals surface area contributed by atoms with E-state index in [0.29, 0.717) is 49.1 Å². The number of benzene rings is 2. The van der Waals surface area contributed by atoms with Crippen LogP contribution in [0.4, 0.5) is 0 Å². The summed E-state index contributed by atoms with van der Waals surface area (Å²) in [6.45, 7) is 11.6. The molecule has 2 aromatic rings. The van der Waals surface area contributed by atoms with E-state index in [-0.39, 0.29) is 30.6 Å². The Hall–Kier alpha value is -2.81. The number of carbonyl (C=O) groups is 1. The van der Waals surface area contributed by atoms with Crippen molar-refractivity contribution < 1.29 is 30.0 Å². The Balaban J connectivity index is 1.12.